The fourth-order valence-electron chi connectivity index (χ4n) is 9.13. The van der Waals surface area contributed by atoms with Crippen LogP contribution in [-0.4, -0.2) is 91.8 Å². The minimum absolute atomic E-state index is 0.0582. The van der Waals surface area contributed by atoms with Crippen molar-refractivity contribution in [1.29, 1.82) is 0 Å². The summed E-state index contributed by atoms with van der Waals surface area (Å²) in [6, 6.07) is 12.6. The lowest BCUT2D eigenvalue weighted by Gasteiger charge is -2.46. The SMILES string of the molecule is CC(C)N(CC1CCN(c2ncc(-c3ccc4c5cnccc5n(C(F)F)c4c3)cc2F)CC1)[C@H]1C[C@H](Oc2ccc3c(c2)C(=O)N(C2CCC(=O)NC2=O)C3=O)C1. The predicted octanol–water partition coefficient (Wildman–Crippen LogP) is 6.72. The van der Waals surface area contributed by atoms with Crippen LogP contribution in [0.1, 0.15) is 79.6 Å². The number of nitrogens with one attached hydrogen (secondary N) is 1. The number of ether oxygens (including phenoxy) is 1. The molecule has 3 fully saturated rings. The summed E-state index contributed by atoms with van der Waals surface area (Å²) in [5.74, 6) is -1.45. The number of alkyl halides is 2. The number of imide groups is 2. The van der Waals surface area contributed by atoms with Crippen molar-refractivity contribution >= 4 is 51.3 Å². The Labute approximate surface area is 331 Å². The first-order valence-electron chi connectivity index (χ1n) is 19.8. The molecule has 2 saturated heterocycles. The monoisotopic (exact) mass is 793 g/mol. The van der Waals surface area contributed by atoms with E-state index >= 15 is 4.39 Å². The topological polar surface area (TPSA) is 130 Å². The van der Waals surface area contributed by atoms with Crippen LogP contribution in [0, 0.1) is 11.7 Å². The number of carbonyl (C=O) groups is 4. The molecule has 0 bridgehead atoms. The maximum Gasteiger partial charge on any atom is 0.319 e. The average Bonchev–Trinajstić information content (AvgIpc) is 3.65. The van der Waals surface area contributed by atoms with Gasteiger partial charge in [-0.05, 0) is 81.0 Å². The Morgan fingerprint density at radius 3 is 2.38 bits per heavy atom. The average molecular weight is 794 g/mol. The van der Waals surface area contributed by atoms with Crippen molar-refractivity contribution < 1.29 is 37.1 Å². The normalized spacial score (nSPS) is 21.5. The summed E-state index contributed by atoms with van der Waals surface area (Å²) >= 11 is 0. The molecule has 300 valence electrons. The van der Waals surface area contributed by atoms with Gasteiger partial charge in [0, 0.05) is 85.9 Å². The molecule has 12 nitrogen and oxygen atoms in total. The second kappa shape index (κ2) is 14.8. The number of benzene rings is 2. The highest BCUT2D eigenvalue weighted by molar-refractivity contribution is 6.23. The number of rotatable bonds is 10. The first-order chi connectivity index (χ1) is 27.9. The van der Waals surface area contributed by atoms with Gasteiger partial charge in [0.2, 0.25) is 11.8 Å². The molecule has 15 heteroatoms. The molecule has 3 aliphatic heterocycles. The zero-order chi connectivity index (χ0) is 40.4. The Morgan fingerprint density at radius 2 is 1.66 bits per heavy atom. The molecule has 4 aliphatic rings. The fraction of sp³-hybridized carbons (Fsp3) is 0.395. The molecule has 2 aromatic carbocycles. The van der Waals surface area contributed by atoms with Crippen molar-refractivity contribution in [2.24, 2.45) is 5.92 Å². The van der Waals surface area contributed by atoms with Crippen molar-refractivity contribution in [2.45, 2.75) is 83.2 Å². The highest BCUT2D eigenvalue weighted by Gasteiger charge is 2.45. The molecule has 1 atom stereocenters. The van der Waals surface area contributed by atoms with Gasteiger partial charge in [-0.15, -0.1) is 0 Å². The first kappa shape index (κ1) is 37.7. The van der Waals surface area contributed by atoms with Gasteiger partial charge in [-0.1, -0.05) is 12.1 Å². The predicted molar refractivity (Wildman–Crippen MR) is 209 cm³/mol. The van der Waals surface area contributed by atoms with Crippen LogP contribution in [0.4, 0.5) is 19.0 Å². The van der Waals surface area contributed by atoms with E-state index in [0.29, 0.717) is 69.8 Å². The standard InChI is InChI=1S/C43H42F3N7O5/c1-23(2)51(27-17-29(18-27)58-28-4-6-31-32(19-28)42(57)53(41(31)56)36-7-8-38(54)49-40(36)55)22-24-10-13-50(14-11-24)39-34(44)15-26(20-48-39)25-3-5-30-33-21-47-12-9-35(33)52(43(45)46)37(30)16-25/h3-6,9,12,15-16,19-21,23-24,27,29,36,43H,7-8,10-11,13-14,17-18,22H2,1-2H3,(H,49,54,55)/t27-,29-,36?. The molecule has 0 radical (unpaired) electrons. The number of hydrogen-bond acceptors (Lipinski definition) is 9. The maximum atomic E-state index is 15.7. The van der Waals surface area contributed by atoms with Crippen LogP contribution in [0.2, 0.25) is 0 Å². The lowest BCUT2D eigenvalue weighted by atomic mass is 9.85. The smallest absolute Gasteiger partial charge is 0.319 e. The number of hydrogen-bond donors (Lipinski definition) is 1. The van der Waals surface area contributed by atoms with Gasteiger partial charge in [0.15, 0.2) is 11.6 Å². The Kier molecular flexibility index (Phi) is 9.65. The maximum absolute atomic E-state index is 15.7. The third-order valence-corrected chi connectivity index (χ3v) is 12.3. The minimum atomic E-state index is -2.75. The van der Waals surface area contributed by atoms with Crippen LogP contribution in [0.3, 0.4) is 0 Å². The van der Waals surface area contributed by atoms with E-state index in [2.05, 4.69) is 34.0 Å². The van der Waals surface area contributed by atoms with E-state index in [9.17, 15) is 28.0 Å². The van der Waals surface area contributed by atoms with Crippen LogP contribution in [0.15, 0.2) is 67.1 Å². The Balaban J connectivity index is 0.795. The molecule has 1 N–H and O–H groups in total. The molecule has 5 aromatic rings. The second-order valence-corrected chi connectivity index (χ2v) is 16.0. The highest BCUT2D eigenvalue weighted by atomic mass is 19.3. The summed E-state index contributed by atoms with van der Waals surface area (Å²) in [6.07, 6.45) is 8.12. The number of aromatic nitrogens is 3. The molecule has 58 heavy (non-hydrogen) atoms. The second-order valence-electron chi connectivity index (χ2n) is 16.0. The molecule has 3 aromatic heterocycles. The Bertz CT molecular complexity index is 2480. The van der Waals surface area contributed by atoms with Crippen molar-refractivity contribution in [3.63, 3.8) is 0 Å². The van der Waals surface area contributed by atoms with E-state index in [0.717, 1.165) is 41.7 Å². The van der Waals surface area contributed by atoms with Gasteiger partial charge in [-0.2, -0.15) is 8.78 Å². The highest BCUT2D eigenvalue weighted by Crippen LogP contribution is 2.38. The van der Waals surface area contributed by atoms with E-state index < -0.39 is 42.0 Å². The zero-order valence-electron chi connectivity index (χ0n) is 32.0. The van der Waals surface area contributed by atoms with E-state index in [1.807, 2.05) is 4.90 Å². The Hall–Kier alpha value is -5.83. The molecular formula is C43H42F3N7O5. The van der Waals surface area contributed by atoms with Crippen LogP contribution < -0.4 is 15.0 Å². The minimum Gasteiger partial charge on any atom is -0.490 e. The number of piperidine rings is 2. The quantitative estimate of drug-likeness (QED) is 0.153. The van der Waals surface area contributed by atoms with E-state index in [1.54, 1.807) is 54.9 Å². The van der Waals surface area contributed by atoms with Gasteiger partial charge >= 0.3 is 6.55 Å². The van der Waals surface area contributed by atoms with Crippen molar-refractivity contribution in [1.82, 2.24) is 29.7 Å². The number of fused-ring (bicyclic) bond motifs is 4. The number of carbonyl (C=O) groups excluding carboxylic acids is 4. The van der Waals surface area contributed by atoms with E-state index in [1.165, 1.54) is 12.3 Å². The summed E-state index contributed by atoms with van der Waals surface area (Å²) in [4.78, 5) is 64.4. The third-order valence-electron chi connectivity index (χ3n) is 12.3. The largest absolute Gasteiger partial charge is 0.490 e. The lowest BCUT2D eigenvalue weighted by molar-refractivity contribution is -0.136. The lowest BCUT2D eigenvalue weighted by Crippen LogP contribution is -2.54. The van der Waals surface area contributed by atoms with E-state index in [4.69, 9.17) is 4.74 Å². The van der Waals surface area contributed by atoms with E-state index in [-0.39, 0.29) is 35.9 Å². The number of amides is 4. The van der Waals surface area contributed by atoms with Crippen LogP contribution in [0.5, 0.6) is 5.75 Å². The van der Waals surface area contributed by atoms with Crippen LogP contribution in [0.25, 0.3) is 32.9 Å². The molecule has 1 saturated carbocycles. The first-order valence-corrected chi connectivity index (χ1v) is 19.8. The van der Waals surface area contributed by atoms with Crippen molar-refractivity contribution in [3.8, 4) is 16.9 Å². The number of nitrogens with zero attached hydrogens (tertiary/aromatic N) is 6. The van der Waals surface area contributed by atoms with Gasteiger partial charge in [0.1, 0.15) is 17.9 Å². The zero-order valence-corrected chi connectivity index (χ0v) is 32.0. The molecule has 4 amide bonds. The summed E-state index contributed by atoms with van der Waals surface area (Å²) in [7, 11) is 0. The molecule has 9 rings (SSSR count). The van der Waals surface area contributed by atoms with Gasteiger partial charge in [-0.25, -0.2) is 9.37 Å². The summed E-state index contributed by atoms with van der Waals surface area (Å²) in [5, 5.41) is 3.49. The van der Waals surface area contributed by atoms with Crippen LogP contribution in [-0.2, 0) is 9.59 Å². The third kappa shape index (κ3) is 6.64. The summed E-state index contributed by atoms with van der Waals surface area (Å²) < 4.78 is 51.2. The van der Waals surface area contributed by atoms with Crippen molar-refractivity contribution in [3.05, 3.63) is 84.1 Å². The number of anilines is 1. The molecular weight excluding hydrogens is 752 g/mol. The van der Waals surface area contributed by atoms with Gasteiger partial charge in [0.05, 0.1) is 22.2 Å². The van der Waals surface area contributed by atoms with Gasteiger partial charge in [-0.3, -0.25) is 43.8 Å². The van der Waals surface area contributed by atoms with Gasteiger partial charge in [0.25, 0.3) is 11.8 Å². The number of halogens is 3. The van der Waals surface area contributed by atoms with Crippen molar-refractivity contribution in [2.75, 3.05) is 24.5 Å². The molecule has 0 spiro atoms. The van der Waals surface area contributed by atoms with Crippen LogP contribution >= 0.6 is 0 Å². The molecule has 6 heterocycles. The Morgan fingerprint density at radius 1 is 0.879 bits per heavy atom. The summed E-state index contributed by atoms with van der Waals surface area (Å²) in [5.41, 5.74) is 2.24. The molecule has 1 aliphatic carbocycles. The molecule has 1 unspecified atom stereocenters. The number of pyridine rings is 2. The summed E-state index contributed by atoms with van der Waals surface area (Å²) in [6.45, 7) is 3.83. The fourth-order valence-corrected chi connectivity index (χ4v) is 9.13. The van der Waals surface area contributed by atoms with Gasteiger partial charge < -0.3 is 9.64 Å².